The number of nitrogens with zero attached hydrogens (tertiary/aromatic N) is 3. The number of likely N-dealkylation sites (N-methyl/N-ethyl adjacent to an activating group) is 1. The van der Waals surface area contributed by atoms with Crippen molar-refractivity contribution in [3.8, 4) is 5.75 Å². The predicted octanol–water partition coefficient (Wildman–Crippen LogP) is 2.58. The van der Waals surface area contributed by atoms with Gasteiger partial charge in [0.05, 0.1) is 0 Å². The van der Waals surface area contributed by atoms with E-state index in [1.54, 1.807) is 19.3 Å². The van der Waals surface area contributed by atoms with E-state index in [9.17, 15) is 0 Å². The van der Waals surface area contributed by atoms with Gasteiger partial charge in [0.1, 0.15) is 17.5 Å². The highest BCUT2D eigenvalue weighted by molar-refractivity contribution is 6.29. The fourth-order valence-corrected chi connectivity index (χ4v) is 2.52. The number of rotatable bonds is 9. The fourth-order valence-electron chi connectivity index (χ4n) is 2.41. The molecule has 6 nitrogen and oxygen atoms in total. The fraction of sp³-hybridized carbons (Fsp3) is 0.400. The third-order valence-electron chi connectivity index (χ3n) is 3.93. The summed E-state index contributed by atoms with van der Waals surface area (Å²) in [6, 6.07) is 11.8. The number of guanidine groups is 1. The zero-order valence-electron chi connectivity index (χ0n) is 16.2. The largest absolute Gasteiger partial charge is 0.492 e. The zero-order chi connectivity index (χ0) is 19.5. The van der Waals surface area contributed by atoms with Crippen LogP contribution in [0.2, 0.25) is 5.15 Å². The molecule has 146 valence electrons. The third kappa shape index (κ3) is 7.85. The standard InChI is InChI=1S/C20H28ClN5O/c1-22-20(23-11-10-16-8-9-19(21)24-14-16)25-15-17-6-4-5-7-18(17)27-13-12-26(2)3/h4-9,14H,10-13,15H2,1-3H3,(H2,22,23,25). The van der Waals surface area contributed by atoms with Gasteiger partial charge in [-0.3, -0.25) is 4.99 Å². The number of aliphatic imine (C=N–C) groups is 1. The first-order chi connectivity index (χ1) is 13.1. The lowest BCUT2D eigenvalue weighted by Crippen LogP contribution is -2.38. The first kappa shape index (κ1) is 21.0. The Morgan fingerprint density at radius 1 is 1.19 bits per heavy atom. The summed E-state index contributed by atoms with van der Waals surface area (Å²) in [7, 11) is 5.83. The molecule has 2 aromatic rings. The number of para-hydroxylation sites is 1. The second kappa shape index (κ2) is 11.4. The van der Waals surface area contributed by atoms with E-state index < -0.39 is 0 Å². The third-order valence-corrected chi connectivity index (χ3v) is 4.16. The molecular weight excluding hydrogens is 362 g/mol. The van der Waals surface area contributed by atoms with Gasteiger partial charge in [-0.1, -0.05) is 35.9 Å². The van der Waals surface area contributed by atoms with Gasteiger partial charge in [0.25, 0.3) is 0 Å². The Morgan fingerprint density at radius 2 is 2.00 bits per heavy atom. The number of pyridine rings is 1. The van der Waals surface area contributed by atoms with Gasteiger partial charge in [-0.25, -0.2) is 4.98 Å². The minimum atomic E-state index is 0.510. The molecule has 0 saturated heterocycles. The minimum Gasteiger partial charge on any atom is -0.492 e. The van der Waals surface area contributed by atoms with Crippen LogP contribution < -0.4 is 15.4 Å². The van der Waals surface area contributed by atoms with Gasteiger partial charge in [-0.2, -0.15) is 0 Å². The van der Waals surface area contributed by atoms with Crippen molar-refractivity contribution in [3.63, 3.8) is 0 Å². The summed E-state index contributed by atoms with van der Waals surface area (Å²) in [5.41, 5.74) is 2.23. The summed E-state index contributed by atoms with van der Waals surface area (Å²) < 4.78 is 5.90. The Kier molecular flexibility index (Phi) is 8.87. The molecule has 0 aliphatic heterocycles. The van der Waals surface area contributed by atoms with Gasteiger partial charge >= 0.3 is 0 Å². The Balaban J connectivity index is 1.80. The Morgan fingerprint density at radius 3 is 2.70 bits per heavy atom. The van der Waals surface area contributed by atoms with E-state index in [0.717, 1.165) is 42.3 Å². The average molecular weight is 390 g/mol. The van der Waals surface area contributed by atoms with Crippen molar-refractivity contribution >= 4 is 17.6 Å². The molecule has 0 amide bonds. The van der Waals surface area contributed by atoms with Gasteiger partial charge in [-0.05, 0) is 38.2 Å². The van der Waals surface area contributed by atoms with Crippen LogP contribution in [0.5, 0.6) is 5.75 Å². The molecule has 1 aromatic heterocycles. The second-order valence-corrected chi connectivity index (χ2v) is 6.74. The van der Waals surface area contributed by atoms with Crippen molar-refractivity contribution in [3.05, 3.63) is 58.9 Å². The molecule has 7 heteroatoms. The lowest BCUT2D eigenvalue weighted by molar-refractivity contribution is 0.259. The highest BCUT2D eigenvalue weighted by Crippen LogP contribution is 2.17. The number of hydrogen-bond acceptors (Lipinski definition) is 4. The smallest absolute Gasteiger partial charge is 0.191 e. The van der Waals surface area contributed by atoms with Gasteiger partial charge in [0.15, 0.2) is 5.96 Å². The maximum absolute atomic E-state index is 5.90. The lowest BCUT2D eigenvalue weighted by Gasteiger charge is -2.16. The summed E-state index contributed by atoms with van der Waals surface area (Å²) in [6.45, 7) is 2.93. The Bertz CT molecular complexity index is 719. The van der Waals surface area contributed by atoms with Crippen LogP contribution in [-0.4, -0.2) is 56.7 Å². The summed E-state index contributed by atoms with van der Waals surface area (Å²) >= 11 is 5.81. The molecule has 0 spiro atoms. The summed E-state index contributed by atoms with van der Waals surface area (Å²) in [6.07, 6.45) is 2.64. The van der Waals surface area contributed by atoms with E-state index in [1.165, 1.54) is 0 Å². The Labute approximate surface area is 166 Å². The number of benzene rings is 1. The van der Waals surface area contributed by atoms with Crippen LogP contribution in [0.4, 0.5) is 0 Å². The molecule has 2 N–H and O–H groups in total. The van der Waals surface area contributed by atoms with Crippen LogP contribution in [0, 0.1) is 0 Å². The lowest BCUT2D eigenvalue weighted by atomic mass is 10.2. The van der Waals surface area contributed by atoms with Crippen molar-refractivity contribution in [2.24, 2.45) is 4.99 Å². The molecule has 0 radical (unpaired) electrons. The van der Waals surface area contributed by atoms with Gasteiger partial charge < -0.3 is 20.3 Å². The average Bonchev–Trinajstić information content (AvgIpc) is 2.66. The first-order valence-electron chi connectivity index (χ1n) is 8.99. The topological polar surface area (TPSA) is 61.8 Å². The van der Waals surface area contributed by atoms with Gasteiger partial charge in [0, 0.05) is 38.4 Å². The molecule has 0 aliphatic carbocycles. The highest BCUT2D eigenvalue weighted by atomic mass is 35.5. The molecule has 0 saturated carbocycles. The number of aromatic nitrogens is 1. The Hall–Kier alpha value is -2.31. The normalized spacial score (nSPS) is 11.5. The van der Waals surface area contributed by atoms with Gasteiger partial charge in [-0.15, -0.1) is 0 Å². The minimum absolute atomic E-state index is 0.510. The molecule has 0 atom stereocenters. The highest BCUT2D eigenvalue weighted by Gasteiger charge is 2.05. The van der Waals surface area contributed by atoms with Crippen molar-refractivity contribution in [1.82, 2.24) is 20.5 Å². The maximum Gasteiger partial charge on any atom is 0.191 e. The molecule has 0 fully saturated rings. The van der Waals surface area contributed by atoms with Crippen molar-refractivity contribution in [2.45, 2.75) is 13.0 Å². The van der Waals surface area contributed by atoms with Crippen LogP contribution in [0.25, 0.3) is 0 Å². The van der Waals surface area contributed by atoms with E-state index in [4.69, 9.17) is 16.3 Å². The number of nitrogens with one attached hydrogen (secondary N) is 2. The van der Waals surface area contributed by atoms with Crippen LogP contribution in [0.3, 0.4) is 0 Å². The molecule has 0 unspecified atom stereocenters. The van der Waals surface area contributed by atoms with Crippen LogP contribution >= 0.6 is 11.6 Å². The summed E-state index contributed by atoms with van der Waals surface area (Å²) in [5.74, 6) is 1.65. The molecule has 1 aromatic carbocycles. The van der Waals surface area contributed by atoms with Crippen molar-refractivity contribution < 1.29 is 4.74 Å². The van der Waals surface area contributed by atoms with Crippen LogP contribution in [0.1, 0.15) is 11.1 Å². The van der Waals surface area contributed by atoms with Crippen LogP contribution in [-0.2, 0) is 13.0 Å². The van der Waals surface area contributed by atoms with Gasteiger partial charge in [0.2, 0.25) is 0 Å². The van der Waals surface area contributed by atoms with Crippen LogP contribution in [0.15, 0.2) is 47.6 Å². The van der Waals surface area contributed by atoms with Crippen molar-refractivity contribution in [2.75, 3.05) is 40.8 Å². The maximum atomic E-state index is 5.90. The monoisotopic (exact) mass is 389 g/mol. The number of ether oxygens (including phenoxy) is 1. The second-order valence-electron chi connectivity index (χ2n) is 6.35. The quantitative estimate of drug-likeness (QED) is 0.392. The first-order valence-corrected chi connectivity index (χ1v) is 9.36. The molecule has 0 bridgehead atoms. The molecular formula is C20H28ClN5O. The number of halogens is 1. The molecule has 27 heavy (non-hydrogen) atoms. The zero-order valence-corrected chi connectivity index (χ0v) is 17.0. The van der Waals surface area contributed by atoms with E-state index in [-0.39, 0.29) is 0 Å². The number of hydrogen-bond donors (Lipinski definition) is 2. The van der Waals surface area contributed by atoms with E-state index in [1.807, 2.05) is 38.4 Å². The SMILES string of the molecule is CN=C(NCCc1ccc(Cl)nc1)NCc1ccccc1OCCN(C)C. The molecule has 1 heterocycles. The van der Waals surface area contributed by atoms with Crippen molar-refractivity contribution in [1.29, 1.82) is 0 Å². The van der Waals surface area contributed by atoms with E-state index >= 15 is 0 Å². The van der Waals surface area contributed by atoms with E-state index in [2.05, 4.69) is 31.6 Å². The summed E-state index contributed by atoms with van der Waals surface area (Å²) in [5, 5.41) is 7.15. The summed E-state index contributed by atoms with van der Waals surface area (Å²) in [4.78, 5) is 10.5. The molecule has 2 rings (SSSR count). The molecule has 0 aliphatic rings. The van der Waals surface area contributed by atoms with E-state index in [0.29, 0.717) is 18.3 Å². The predicted molar refractivity (Wildman–Crippen MR) is 112 cm³/mol.